The van der Waals surface area contributed by atoms with Gasteiger partial charge in [0.15, 0.2) is 0 Å². The van der Waals surface area contributed by atoms with Gasteiger partial charge in [-0.15, -0.1) is 0 Å². The van der Waals surface area contributed by atoms with Gasteiger partial charge in [-0.2, -0.15) is 0 Å². The van der Waals surface area contributed by atoms with Gasteiger partial charge in [0, 0.05) is 11.8 Å². The maximum Gasteiger partial charge on any atom is 0.309 e. The van der Waals surface area contributed by atoms with Gasteiger partial charge in [-0.1, -0.05) is 65.0 Å². The number of epoxide rings is 1. The van der Waals surface area contributed by atoms with Crippen LogP contribution in [0.5, 0.6) is 0 Å². The molecule has 34 heavy (non-hydrogen) atoms. The Bertz CT molecular complexity index is 728. The van der Waals surface area contributed by atoms with Crippen LogP contribution in [-0.2, 0) is 14.3 Å². The van der Waals surface area contributed by atoms with Crippen molar-refractivity contribution in [2.75, 3.05) is 0 Å². The third-order valence-electron chi connectivity index (χ3n) is 7.31. The Hall–Kier alpha value is -1.47. The van der Waals surface area contributed by atoms with E-state index in [1.807, 2.05) is 52.8 Å². The lowest BCUT2D eigenvalue weighted by atomic mass is 9.92. The average molecular weight is 479 g/mol. The van der Waals surface area contributed by atoms with Gasteiger partial charge < -0.3 is 24.8 Å². The van der Waals surface area contributed by atoms with E-state index in [1.165, 1.54) is 0 Å². The predicted octanol–water partition coefficient (Wildman–Crippen LogP) is 4.34. The molecule has 194 valence electrons. The van der Waals surface area contributed by atoms with Crippen LogP contribution in [-0.4, -0.2) is 57.9 Å². The van der Waals surface area contributed by atoms with E-state index in [-0.39, 0.29) is 42.5 Å². The third kappa shape index (κ3) is 8.95. The van der Waals surface area contributed by atoms with E-state index < -0.39 is 24.3 Å². The standard InChI is InChI=1S/C28H46O6/c1-7-23(30)21(6)28-25(33-28)15-17(2)9-8-10-19(4)27-20(5)12-14-24(31)18(3)11-13-22(29)16-26(32)34-27/h8-10,12,14,17-18,20-25,27-31H,7,11,13,15-16H2,1-6H3/b9-8+,14-12+,19-10+. The number of ether oxygens (including phenoxy) is 2. The number of hydrogen-bond donors (Lipinski definition) is 3. The molecule has 1 fully saturated rings. The SMILES string of the molecule is CCC(O)C(C)C1OC1CC(C)/C=C/C=C(\C)C1OC(=O)CC(O)CCC(C)C(O)/C=C/C1C. The molecule has 0 radical (unpaired) electrons. The highest BCUT2D eigenvalue weighted by Crippen LogP contribution is 2.36. The minimum Gasteiger partial charge on any atom is -0.457 e. The van der Waals surface area contributed by atoms with Gasteiger partial charge in [-0.3, -0.25) is 4.79 Å². The van der Waals surface area contributed by atoms with Crippen molar-refractivity contribution in [3.8, 4) is 0 Å². The molecule has 0 amide bonds. The Labute approximate surface area is 205 Å². The summed E-state index contributed by atoms with van der Waals surface area (Å²) in [6, 6.07) is 0. The first-order chi connectivity index (χ1) is 16.0. The van der Waals surface area contributed by atoms with Crippen molar-refractivity contribution >= 4 is 5.97 Å². The molecule has 2 rings (SSSR count). The Balaban J connectivity index is 2.00. The van der Waals surface area contributed by atoms with Gasteiger partial charge in [0.2, 0.25) is 0 Å². The Morgan fingerprint density at radius 3 is 2.59 bits per heavy atom. The molecule has 10 atom stereocenters. The summed E-state index contributed by atoms with van der Waals surface area (Å²) in [7, 11) is 0. The first-order valence-corrected chi connectivity index (χ1v) is 13.0. The fraction of sp³-hybridized carbons (Fsp3) is 0.750. The third-order valence-corrected chi connectivity index (χ3v) is 7.31. The zero-order valence-corrected chi connectivity index (χ0v) is 21.8. The van der Waals surface area contributed by atoms with E-state index in [0.717, 1.165) is 18.4 Å². The van der Waals surface area contributed by atoms with Crippen molar-refractivity contribution in [3.63, 3.8) is 0 Å². The molecule has 0 aromatic heterocycles. The van der Waals surface area contributed by atoms with Crippen LogP contribution in [0.1, 0.15) is 73.6 Å². The second-order valence-corrected chi connectivity index (χ2v) is 10.5. The summed E-state index contributed by atoms with van der Waals surface area (Å²) in [4.78, 5) is 12.4. The molecule has 0 aromatic carbocycles. The summed E-state index contributed by atoms with van der Waals surface area (Å²) in [5.74, 6) is -0.0450. The summed E-state index contributed by atoms with van der Waals surface area (Å²) in [6.45, 7) is 12.0. The zero-order valence-electron chi connectivity index (χ0n) is 21.8. The van der Waals surface area contributed by atoms with Crippen molar-refractivity contribution < 1.29 is 29.6 Å². The van der Waals surface area contributed by atoms with Crippen LogP contribution in [0.2, 0.25) is 0 Å². The van der Waals surface area contributed by atoms with Crippen molar-refractivity contribution in [1.29, 1.82) is 0 Å². The molecule has 2 aliphatic heterocycles. The van der Waals surface area contributed by atoms with Crippen LogP contribution < -0.4 is 0 Å². The number of aliphatic hydroxyl groups is 3. The molecule has 0 saturated carbocycles. The average Bonchev–Trinajstić information content (AvgIpc) is 3.55. The molecule has 0 aliphatic carbocycles. The summed E-state index contributed by atoms with van der Waals surface area (Å²) >= 11 is 0. The minimum absolute atomic E-state index is 0.0105. The number of carbonyl (C=O) groups excluding carboxylic acids is 1. The van der Waals surface area contributed by atoms with Crippen LogP contribution in [0.25, 0.3) is 0 Å². The molecular weight excluding hydrogens is 432 g/mol. The molecule has 10 unspecified atom stereocenters. The molecular formula is C28H46O6. The number of aliphatic hydroxyl groups excluding tert-OH is 3. The molecule has 3 N–H and O–H groups in total. The molecule has 1 saturated heterocycles. The quantitative estimate of drug-likeness (QED) is 0.208. The Morgan fingerprint density at radius 1 is 1.21 bits per heavy atom. The van der Waals surface area contributed by atoms with Crippen LogP contribution in [0.3, 0.4) is 0 Å². The fourth-order valence-electron chi connectivity index (χ4n) is 4.64. The molecule has 2 heterocycles. The van der Waals surface area contributed by atoms with Crippen molar-refractivity contribution in [2.45, 2.75) is 110 Å². The number of allylic oxidation sites excluding steroid dienone is 3. The second-order valence-electron chi connectivity index (χ2n) is 10.5. The lowest BCUT2D eigenvalue weighted by Crippen LogP contribution is -2.29. The number of hydrogen-bond acceptors (Lipinski definition) is 6. The monoisotopic (exact) mass is 478 g/mol. The number of cyclic esters (lactones) is 1. The molecule has 2 aliphatic rings. The maximum absolute atomic E-state index is 12.4. The molecule has 0 spiro atoms. The highest BCUT2D eigenvalue weighted by Gasteiger charge is 2.44. The van der Waals surface area contributed by atoms with Crippen LogP contribution >= 0.6 is 0 Å². The molecule has 0 aromatic rings. The van der Waals surface area contributed by atoms with E-state index in [0.29, 0.717) is 18.8 Å². The van der Waals surface area contributed by atoms with Gasteiger partial charge >= 0.3 is 5.97 Å². The van der Waals surface area contributed by atoms with E-state index in [2.05, 4.69) is 13.0 Å². The molecule has 6 nitrogen and oxygen atoms in total. The zero-order chi connectivity index (χ0) is 25.4. The van der Waals surface area contributed by atoms with E-state index in [4.69, 9.17) is 9.47 Å². The van der Waals surface area contributed by atoms with E-state index >= 15 is 0 Å². The summed E-state index contributed by atoms with van der Waals surface area (Å²) < 4.78 is 11.6. The molecule has 0 bridgehead atoms. The van der Waals surface area contributed by atoms with Crippen molar-refractivity contribution in [1.82, 2.24) is 0 Å². The lowest BCUT2D eigenvalue weighted by Gasteiger charge is -2.26. The van der Waals surface area contributed by atoms with E-state index in [9.17, 15) is 20.1 Å². The number of carbonyl (C=O) groups is 1. The minimum atomic E-state index is -0.763. The van der Waals surface area contributed by atoms with Crippen LogP contribution in [0.4, 0.5) is 0 Å². The first kappa shape index (κ1) is 28.8. The fourth-order valence-corrected chi connectivity index (χ4v) is 4.64. The van der Waals surface area contributed by atoms with Gasteiger partial charge in [-0.25, -0.2) is 0 Å². The number of rotatable bonds is 8. The summed E-state index contributed by atoms with van der Waals surface area (Å²) in [6.07, 6.45) is 10.7. The summed E-state index contributed by atoms with van der Waals surface area (Å²) in [5, 5.41) is 30.6. The Morgan fingerprint density at radius 2 is 1.91 bits per heavy atom. The van der Waals surface area contributed by atoms with Crippen LogP contribution in [0, 0.1) is 23.7 Å². The molecule has 6 heteroatoms. The van der Waals surface area contributed by atoms with E-state index in [1.54, 1.807) is 6.08 Å². The van der Waals surface area contributed by atoms with Crippen molar-refractivity contribution in [2.24, 2.45) is 23.7 Å². The summed E-state index contributed by atoms with van der Waals surface area (Å²) in [5.41, 5.74) is 0.906. The smallest absolute Gasteiger partial charge is 0.309 e. The second kappa shape index (κ2) is 13.6. The topological polar surface area (TPSA) is 99.5 Å². The lowest BCUT2D eigenvalue weighted by molar-refractivity contribution is -0.151. The van der Waals surface area contributed by atoms with Gasteiger partial charge in [-0.05, 0) is 50.0 Å². The highest BCUT2D eigenvalue weighted by molar-refractivity contribution is 5.70. The van der Waals surface area contributed by atoms with Gasteiger partial charge in [0.05, 0.1) is 36.9 Å². The van der Waals surface area contributed by atoms with Crippen LogP contribution in [0.15, 0.2) is 36.0 Å². The van der Waals surface area contributed by atoms with Crippen molar-refractivity contribution in [3.05, 3.63) is 36.0 Å². The predicted molar refractivity (Wildman–Crippen MR) is 134 cm³/mol. The highest BCUT2D eigenvalue weighted by atomic mass is 16.6. The normalized spacial score (nSPS) is 37.3. The number of esters is 1. The Kier molecular flexibility index (Phi) is 11.5. The van der Waals surface area contributed by atoms with Gasteiger partial charge in [0.25, 0.3) is 0 Å². The maximum atomic E-state index is 12.4. The largest absolute Gasteiger partial charge is 0.457 e. The first-order valence-electron chi connectivity index (χ1n) is 13.0. The van der Waals surface area contributed by atoms with Gasteiger partial charge in [0.1, 0.15) is 6.10 Å².